The van der Waals surface area contributed by atoms with Gasteiger partial charge in [-0.3, -0.25) is 9.36 Å². The van der Waals surface area contributed by atoms with Crippen molar-refractivity contribution in [1.82, 2.24) is 5.32 Å². The van der Waals surface area contributed by atoms with Crippen LogP contribution in [-0.4, -0.2) is 68.5 Å². The van der Waals surface area contributed by atoms with E-state index in [1.54, 1.807) is 0 Å². The lowest BCUT2D eigenvalue weighted by Gasteiger charge is -2.30. The molecule has 0 bridgehead atoms. The maximum atomic E-state index is 12.2. The smallest absolute Gasteiger partial charge is 0.268 e. The van der Waals surface area contributed by atoms with E-state index in [4.69, 9.17) is 9.05 Å². The number of likely N-dealkylation sites (N-methyl/N-ethyl adjacent to an activating group) is 1. The maximum absolute atomic E-state index is 12.2. The summed E-state index contributed by atoms with van der Waals surface area (Å²) in [5, 5.41) is 13.5. The highest BCUT2D eigenvalue weighted by Crippen LogP contribution is 2.38. The topological polar surface area (TPSA) is 108 Å². The number of phosphoric acid groups is 1. The molecule has 0 heterocycles. The summed E-state index contributed by atoms with van der Waals surface area (Å²) in [6.07, 6.45) is 35.7. The number of quaternary nitrogens is 1. The third-order valence-corrected chi connectivity index (χ3v) is 10.5. The molecule has 0 radical (unpaired) electrons. The van der Waals surface area contributed by atoms with Gasteiger partial charge in [-0.1, -0.05) is 181 Å². The molecule has 0 aliphatic heterocycles. The number of amides is 1. The first-order valence-corrected chi connectivity index (χ1v) is 22.3. The third-order valence-electron chi connectivity index (χ3n) is 9.57. The molecule has 8 nitrogen and oxygen atoms in total. The standard InChI is InChI=1S/C40H83N2O6P/c1-6-8-9-10-11-12-13-14-15-16-17-18-19-20-21-22-23-24-25-26-27-28-29-30-31-32-34-39(43)38(41-40(44)33-7-2)37-48-49(45,46)47-36-35-42(3,4)5/h38-39,43H,6-37H2,1-5H3,(H-,41,44,45,46). The zero-order valence-corrected chi connectivity index (χ0v) is 34.1. The number of phosphoric ester groups is 1. The van der Waals surface area contributed by atoms with Gasteiger partial charge in [0.25, 0.3) is 7.82 Å². The summed E-state index contributed by atoms with van der Waals surface area (Å²) in [5.41, 5.74) is 0. The zero-order chi connectivity index (χ0) is 36.5. The molecule has 0 rings (SSSR count). The molecular formula is C40H83N2O6P. The number of aliphatic hydroxyl groups excluding tert-OH is 1. The Bertz CT molecular complexity index is 778. The van der Waals surface area contributed by atoms with Crippen molar-refractivity contribution in [3.63, 3.8) is 0 Å². The summed E-state index contributed by atoms with van der Waals surface area (Å²) in [6, 6.07) is -0.789. The molecule has 2 N–H and O–H groups in total. The first kappa shape index (κ1) is 48.5. The van der Waals surface area contributed by atoms with Crippen LogP contribution in [0.1, 0.15) is 200 Å². The SMILES string of the molecule is CCCCCCCCCCCCCCCCCCCCCCCCCCCCC(O)C(COP(=O)([O-])OCC[N+](C)(C)C)NC(=O)CCC. The van der Waals surface area contributed by atoms with E-state index in [0.29, 0.717) is 30.3 Å². The molecule has 0 aliphatic rings. The Kier molecular flexibility index (Phi) is 33.0. The number of unbranched alkanes of at least 4 members (excludes halogenated alkanes) is 25. The Morgan fingerprint density at radius 1 is 0.633 bits per heavy atom. The lowest BCUT2D eigenvalue weighted by atomic mass is 10.0. The third kappa shape index (κ3) is 35.7. The van der Waals surface area contributed by atoms with Gasteiger partial charge in [0.2, 0.25) is 5.91 Å². The molecule has 1 amide bonds. The lowest BCUT2D eigenvalue weighted by Crippen LogP contribution is -2.46. The monoisotopic (exact) mass is 719 g/mol. The van der Waals surface area contributed by atoms with Gasteiger partial charge in [-0.15, -0.1) is 0 Å². The second-order valence-electron chi connectivity index (χ2n) is 15.7. The van der Waals surface area contributed by atoms with Crippen LogP contribution >= 0.6 is 7.82 Å². The van der Waals surface area contributed by atoms with Gasteiger partial charge in [0.15, 0.2) is 0 Å². The van der Waals surface area contributed by atoms with Crippen LogP contribution in [0.3, 0.4) is 0 Å². The van der Waals surface area contributed by atoms with Gasteiger partial charge in [-0.25, -0.2) is 0 Å². The summed E-state index contributed by atoms with van der Waals surface area (Å²) in [5.74, 6) is -0.216. The van der Waals surface area contributed by atoms with Crippen LogP contribution in [0.25, 0.3) is 0 Å². The van der Waals surface area contributed by atoms with Gasteiger partial charge in [-0.05, 0) is 12.8 Å². The van der Waals surface area contributed by atoms with Crippen molar-refractivity contribution in [1.29, 1.82) is 0 Å². The summed E-state index contributed by atoms with van der Waals surface area (Å²) < 4.78 is 22.8. The van der Waals surface area contributed by atoms with E-state index in [-0.39, 0.29) is 19.1 Å². The summed E-state index contributed by atoms with van der Waals surface area (Å²) >= 11 is 0. The largest absolute Gasteiger partial charge is 0.756 e. The highest BCUT2D eigenvalue weighted by atomic mass is 31.2. The van der Waals surface area contributed by atoms with Crippen molar-refractivity contribution < 1.29 is 32.9 Å². The van der Waals surface area contributed by atoms with Crippen LogP contribution in [0, 0.1) is 0 Å². The number of rotatable bonds is 38. The van der Waals surface area contributed by atoms with Crippen LogP contribution in [0.5, 0.6) is 0 Å². The van der Waals surface area contributed by atoms with E-state index in [0.717, 1.165) is 19.3 Å². The minimum absolute atomic E-state index is 0.0132. The second kappa shape index (κ2) is 33.3. The molecule has 49 heavy (non-hydrogen) atoms. The second-order valence-corrected chi connectivity index (χ2v) is 17.1. The number of carbonyl (C=O) groups excluding carboxylic acids is 1. The Labute approximate surface area is 304 Å². The van der Waals surface area contributed by atoms with E-state index in [1.165, 1.54) is 148 Å². The summed E-state index contributed by atoms with van der Waals surface area (Å²) in [7, 11) is 1.31. The first-order chi connectivity index (χ1) is 23.5. The predicted molar refractivity (Wildman–Crippen MR) is 206 cm³/mol. The number of nitrogens with zero attached hydrogens (tertiary/aromatic N) is 1. The van der Waals surface area contributed by atoms with Crippen LogP contribution in [0.4, 0.5) is 0 Å². The Balaban J connectivity index is 3.74. The fourth-order valence-corrected chi connectivity index (χ4v) is 6.98. The number of aliphatic hydroxyl groups is 1. The highest BCUT2D eigenvalue weighted by Gasteiger charge is 2.24. The van der Waals surface area contributed by atoms with Crippen molar-refractivity contribution >= 4 is 13.7 Å². The molecule has 0 aromatic rings. The summed E-state index contributed by atoms with van der Waals surface area (Å²) in [6.45, 7) is 4.38. The number of hydrogen-bond donors (Lipinski definition) is 2. The first-order valence-electron chi connectivity index (χ1n) is 20.9. The van der Waals surface area contributed by atoms with E-state index in [9.17, 15) is 19.4 Å². The molecule has 0 aromatic heterocycles. The molecule has 3 unspecified atom stereocenters. The molecule has 0 fully saturated rings. The zero-order valence-electron chi connectivity index (χ0n) is 33.2. The van der Waals surface area contributed by atoms with Gasteiger partial charge in [0.05, 0.1) is 39.9 Å². The van der Waals surface area contributed by atoms with Crippen molar-refractivity contribution in [3.05, 3.63) is 0 Å². The van der Waals surface area contributed by atoms with E-state index >= 15 is 0 Å². The average Bonchev–Trinajstić information content (AvgIpc) is 3.04. The van der Waals surface area contributed by atoms with Crippen LogP contribution in [-0.2, 0) is 18.4 Å². The molecule has 0 aromatic carbocycles. The van der Waals surface area contributed by atoms with E-state index in [2.05, 4.69) is 12.2 Å². The molecule has 0 saturated heterocycles. The van der Waals surface area contributed by atoms with Gasteiger partial charge in [0, 0.05) is 6.42 Å². The number of carbonyl (C=O) groups is 1. The number of hydrogen-bond acceptors (Lipinski definition) is 6. The van der Waals surface area contributed by atoms with Crippen LogP contribution in [0.2, 0.25) is 0 Å². The van der Waals surface area contributed by atoms with Crippen LogP contribution < -0.4 is 10.2 Å². The quantitative estimate of drug-likeness (QED) is 0.0374. The molecular weight excluding hydrogens is 635 g/mol. The molecule has 294 valence electrons. The Morgan fingerprint density at radius 2 is 1.00 bits per heavy atom. The molecule has 3 atom stereocenters. The average molecular weight is 719 g/mol. The normalized spacial score (nSPS) is 14.5. The van der Waals surface area contributed by atoms with Gasteiger partial charge >= 0.3 is 0 Å². The molecule has 9 heteroatoms. The predicted octanol–water partition coefficient (Wildman–Crippen LogP) is 10.4. The van der Waals surface area contributed by atoms with Crippen LogP contribution in [0.15, 0.2) is 0 Å². The van der Waals surface area contributed by atoms with Gasteiger partial charge in [-0.2, -0.15) is 0 Å². The van der Waals surface area contributed by atoms with Crippen molar-refractivity contribution in [3.8, 4) is 0 Å². The Hall–Kier alpha value is -0.500. The minimum Gasteiger partial charge on any atom is -0.756 e. The van der Waals surface area contributed by atoms with Gasteiger partial charge in [0.1, 0.15) is 13.2 Å². The fraction of sp³-hybridized carbons (Fsp3) is 0.975. The minimum atomic E-state index is -4.53. The van der Waals surface area contributed by atoms with E-state index in [1.807, 2.05) is 28.1 Å². The van der Waals surface area contributed by atoms with Gasteiger partial charge < -0.3 is 28.8 Å². The van der Waals surface area contributed by atoms with Crippen molar-refractivity contribution in [2.24, 2.45) is 0 Å². The number of nitrogens with one attached hydrogen (secondary N) is 1. The van der Waals surface area contributed by atoms with E-state index < -0.39 is 20.0 Å². The lowest BCUT2D eigenvalue weighted by molar-refractivity contribution is -0.870. The Morgan fingerprint density at radius 3 is 1.35 bits per heavy atom. The molecule has 0 aliphatic carbocycles. The molecule has 0 spiro atoms. The maximum Gasteiger partial charge on any atom is 0.268 e. The summed E-state index contributed by atoms with van der Waals surface area (Å²) in [4.78, 5) is 24.4. The molecule has 0 saturated carbocycles. The fourth-order valence-electron chi connectivity index (χ4n) is 6.26. The van der Waals surface area contributed by atoms with Crippen molar-refractivity contribution in [2.45, 2.75) is 212 Å². The highest BCUT2D eigenvalue weighted by molar-refractivity contribution is 7.45. The van der Waals surface area contributed by atoms with Crippen molar-refractivity contribution in [2.75, 3.05) is 40.9 Å².